The van der Waals surface area contributed by atoms with Gasteiger partial charge < -0.3 is 10.6 Å². The molecule has 2 unspecified atom stereocenters. The zero-order valence-electron chi connectivity index (χ0n) is 19.4. The van der Waals surface area contributed by atoms with Gasteiger partial charge in [-0.2, -0.15) is 0 Å². The summed E-state index contributed by atoms with van der Waals surface area (Å²) in [5.74, 6) is 0.962. The average Bonchev–Trinajstić information content (AvgIpc) is 3.07. The van der Waals surface area contributed by atoms with Crippen LogP contribution < -0.4 is 10.5 Å². The van der Waals surface area contributed by atoms with Gasteiger partial charge in [-0.1, -0.05) is 43.3 Å². The van der Waals surface area contributed by atoms with Gasteiger partial charge >= 0.3 is 0 Å². The molecule has 1 aliphatic heterocycles. The van der Waals surface area contributed by atoms with Crippen LogP contribution in [0.2, 0.25) is 0 Å². The molecule has 0 spiro atoms. The lowest BCUT2D eigenvalue weighted by Crippen LogP contribution is -2.41. The molecule has 6 nitrogen and oxygen atoms in total. The summed E-state index contributed by atoms with van der Waals surface area (Å²) < 4.78 is 25.9. The molecule has 1 heterocycles. The summed E-state index contributed by atoms with van der Waals surface area (Å²) in [6.45, 7) is 5.16. The number of hydrogen-bond donors (Lipinski definition) is 2. The molecule has 1 saturated carbocycles. The Hall–Kier alpha value is -2.38. The highest BCUT2D eigenvalue weighted by Gasteiger charge is 2.67. The van der Waals surface area contributed by atoms with Gasteiger partial charge in [0.05, 0.1) is 11.7 Å². The third-order valence-corrected chi connectivity index (χ3v) is 9.11. The van der Waals surface area contributed by atoms with Crippen LogP contribution in [-0.2, 0) is 33.1 Å². The van der Waals surface area contributed by atoms with E-state index in [1.165, 1.54) is 22.9 Å². The molecule has 33 heavy (non-hydrogen) atoms. The number of rotatable bonds is 8. The molecule has 1 amide bonds. The number of hydrogen-bond acceptors (Lipinski definition) is 4. The Labute approximate surface area is 196 Å². The van der Waals surface area contributed by atoms with Gasteiger partial charge in [0.2, 0.25) is 15.9 Å². The zero-order valence-corrected chi connectivity index (χ0v) is 20.2. The van der Waals surface area contributed by atoms with Crippen LogP contribution in [0.4, 0.5) is 5.69 Å². The monoisotopic (exact) mass is 467 g/mol. The number of fused-ring (bicyclic) bond motifs is 2. The number of benzene rings is 2. The van der Waals surface area contributed by atoms with Crippen molar-refractivity contribution >= 4 is 21.6 Å². The summed E-state index contributed by atoms with van der Waals surface area (Å²) in [6.07, 6.45) is 4.51. The standard InChI is InChI=1S/C26H33N3O3S/c1-3-26(20-9-6-10-21(13-20)28-33(2,31)32)22-16-29(17-23(22)26)12-11-25(24(27)30)14-18-7-4-5-8-19(18)15-25/h4-10,13,22-23,28H,3,11-12,14-17H2,1-2H3,(H2,27,30). The van der Waals surface area contributed by atoms with Crippen molar-refractivity contribution in [3.8, 4) is 0 Å². The Morgan fingerprint density at radius 1 is 1.09 bits per heavy atom. The van der Waals surface area contributed by atoms with E-state index in [2.05, 4.69) is 34.7 Å². The van der Waals surface area contributed by atoms with E-state index in [1.54, 1.807) is 6.07 Å². The number of primary amides is 1. The molecule has 2 fully saturated rings. The Morgan fingerprint density at radius 2 is 1.73 bits per heavy atom. The Bertz CT molecular complexity index is 1160. The van der Waals surface area contributed by atoms with E-state index in [9.17, 15) is 13.2 Å². The van der Waals surface area contributed by atoms with E-state index < -0.39 is 15.4 Å². The van der Waals surface area contributed by atoms with Crippen molar-refractivity contribution in [2.75, 3.05) is 30.6 Å². The second kappa shape index (κ2) is 7.84. The maximum absolute atomic E-state index is 12.5. The second-order valence-electron chi connectivity index (χ2n) is 10.3. The summed E-state index contributed by atoms with van der Waals surface area (Å²) in [7, 11) is -3.30. The van der Waals surface area contributed by atoms with Gasteiger partial charge in [-0.3, -0.25) is 9.52 Å². The van der Waals surface area contributed by atoms with Crippen molar-refractivity contribution in [1.29, 1.82) is 0 Å². The molecule has 1 saturated heterocycles. The third kappa shape index (κ3) is 3.85. The molecule has 0 bridgehead atoms. The molecule has 176 valence electrons. The normalized spacial score (nSPS) is 27.7. The summed E-state index contributed by atoms with van der Waals surface area (Å²) in [5, 5.41) is 0. The fraction of sp³-hybridized carbons (Fsp3) is 0.500. The van der Waals surface area contributed by atoms with Crippen LogP contribution in [0.1, 0.15) is 36.5 Å². The fourth-order valence-electron chi connectivity index (χ4n) is 6.78. The number of piperidine rings is 1. The van der Waals surface area contributed by atoms with Crippen LogP contribution in [0, 0.1) is 17.3 Å². The minimum absolute atomic E-state index is 0.122. The fourth-order valence-corrected chi connectivity index (χ4v) is 7.34. The highest BCUT2D eigenvalue weighted by atomic mass is 32.2. The van der Waals surface area contributed by atoms with Crippen LogP contribution in [0.3, 0.4) is 0 Å². The predicted molar refractivity (Wildman–Crippen MR) is 130 cm³/mol. The lowest BCUT2D eigenvalue weighted by molar-refractivity contribution is -0.127. The van der Waals surface area contributed by atoms with Crippen LogP contribution in [0.5, 0.6) is 0 Å². The molecular weight excluding hydrogens is 434 g/mol. The SMILES string of the molecule is CCC1(c2cccc(NS(C)(=O)=O)c2)C2CN(CCC3(C(N)=O)Cc4ccccc4C3)CC21. The molecule has 7 heteroatoms. The molecule has 3 N–H and O–H groups in total. The van der Waals surface area contributed by atoms with Crippen molar-refractivity contribution in [3.63, 3.8) is 0 Å². The van der Waals surface area contributed by atoms with Gasteiger partial charge in [0, 0.05) is 24.2 Å². The second-order valence-corrected chi connectivity index (χ2v) is 12.1. The topological polar surface area (TPSA) is 92.5 Å². The average molecular weight is 468 g/mol. The van der Waals surface area contributed by atoms with Crippen molar-refractivity contribution in [2.24, 2.45) is 23.0 Å². The molecule has 0 radical (unpaired) electrons. The van der Waals surface area contributed by atoms with Gasteiger partial charge in [0.1, 0.15) is 0 Å². The Balaban J connectivity index is 1.25. The summed E-state index contributed by atoms with van der Waals surface area (Å²) in [5.41, 5.74) is 9.96. The highest BCUT2D eigenvalue weighted by Crippen LogP contribution is 2.65. The molecular formula is C26H33N3O3S. The third-order valence-electron chi connectivity index (χ3n) is 8.50. The van der Waals surface area contributed by atoms with Crippen molar-refractivity contribution in [2.45, 2.75) is 38.0 Å². The minimum atomic E-state index is -3.30. The largest absolute Gasteiger partial charge is 0.369 e. The number of nitrogens with one attached hydrogen (secondary N) is 1. The smallest absolute Gasteiger partial charge is 0.229 e. The molecule has 2 aromatic carbocycles. The van der Waals surface area contributed by atoms with Crippen LogP contribution in [0.15, 0.2) is 48.5 Å². The van der Waals surface area contributed by atoms with Gasteiger partial charge in [-0.25, -0.2) is 8.42 Å². The molecule has 2 aromatic rings. The quantitative estimate of drug-likeness (QED) is 0.624. The summed E-state index contributed by atoms with van der Waals surface area (Å²) >= 11 is 0. The van der Waals surface area contributed by atoms with E-state index in [0.29, 0.717) is 17.5 Å². The Kier molecular flexibility index (Phi) is 5.33. The van der Waals surface area contributed by atoms with Gasteiger partial charge in [-0.15, -0.1) is 0 Å². The summed E-state index contributed by atoms with van der Waals surface area (Å²) in [6, 6.07) is 16.2. The van der Waals surface area contributed by atoms with Gasteiger partial charge in [0.25, 0.3) is 0 Å². The van der Waals surface area contributed by atoms with Gasteiger partial charge in [-0.05, 0) is 72.9 Å². The number of sulfonamides is 1. The lowest BCUT2D eigenvalue weighted by atomic mass is 9.80. The number of amides is 1. The number of nitrogens with zero attached hydrogens (tertiary/aromatic N) is 1. The number of anilines is 1. The van der Waals surface area contributed by atoms with E-state index in [0.717, 1.165) is 45.3 Å². The van der Waals surface area contributed by atoms with E-state index in [1.807, 2.05) is 24.3 Å². The zero-order chi connectivity index (χ0) is 23.4. The number of carbonyl (C=O) groups is 1. The molecule has 2 aliphatic carbocycles. The van der Waals surface area contributed by atoms with E-state index in [4.69, 9.17) is 5.73 Å². The molecule has 3 aliphatic rings. The predicted octanol–water partition coefficient (Wildman–Crippen LogP) is 2.93. The van der Waals surface area contributed by atoms with Crippen molar-refractivity contribution in [1.82, 2.24) is 4.90 Å². The number of nitrogens with two attached hydrogens (primary N) is 1. The summed E-state index contributed by atoms with van der Waals surface area (Å²) in [4.78, 5) is 15.0. The van der Waals surface area contributed by atoms with Crippen LogP contribution in [-0.4, -0.2) is 45.1 Å². The first-order valence-corrected chi connectivity index (χ1v) is 13.7. The van der Waals surface area contributed by atoms with Crippen molar-refractivity contribution in [3.05, 3.63) is 65.2 Å². The van der Waals surface area contributed by atoms with Crippen molar-refractivity contribution < 1.29 is 13.2 Å². The molecule has 2 atom stereocenters. The first-order valence-electron chi connectivity index (χ1n) is 11.8. The van der Waals surface area contributed by atoms with E-state index >= 15 is 0 Å². The Morgan fingerprint density at radius 3 is 2.27 bits per heavy atom. The maximum Gasteiger partial charge on any atom is 0.229 e. The lowest BCUT2D eigenvalue weighted by Gasteiger charge is -2.31. The van der Waals surface area contributed by atoms with E-state index in [-0.39, 0.29) is 11.3 Å². The van der Waals surface area contributed by atoms with Crippen LogP contribution >= 0.6 is 0 Å². The molecule has 5 rings (SSSR count). The maximum atomic E-state index is 12.5. The minimum Gasteiger partial charge on any atom is -0.369 e. The van der Waals surface area contributed by atoms with Crippen LogP contribution in [0.25, 0.3) is 0 Å². The molecule has 0 aromatic heterocycles. The number of carbonyl (C=O) groups excluding carboxylic acids is 1. The first kappa shape index (κ1) is 22.4. The highest BCUT2D eigenvalue weighted by molar-refractivity contribution is 7.92. The van der Waals surface area contributed by atoms with Gasteiger partial charge in [0.15, 0.2) is 0 Å². The first-order chi connectivity index (χ1) is 15.7. The number of likely N-dealkylation sites (tertiary alicyclic amines) is 1.